The van der Waals surface area contributed by atoms with Gasteiger partial charge >= 0.3 is 6.09 Å². The molecule has 2 heterocycles. The Morgan fingerprint density at radius 3 is 2.80 bits per heavy atom. The Morgan fingerprint density at radius 2 is 2.00 bits per heavy atom. The Balaban J connectivity index is 1.47. The van der Waals surface area contributed by atoms with Gasteiger partial charge in [-0.2, -0.15) is 0 Å². The predicted molar refractivity (Wildman–Crippen MR) is 135 cm³/mol. The Hall–Kier alpha value is -3.86. The molecule has 2 aromatic carbocycles. The van der Waals surface area contributed by atoms with Gasteiger partial charge in [0.1, 0.15) is 18.2 Å². The van der Waals surface area contributed by atoms with Gasteiger partial charge in [0, 0.05) is 33.8 Å². The number of nitrogens with two attached hydrogens (primary N) is 1. The average Bonchev–Trinajstić information content (AvgIpc) is 3.28. The van der Waals surface area contributed by atoms with Crippen molar-refractivity contribution in [1.29, 1.82) is 0 Å². The fourth-order valence-electron chi connectivity index (χ4n) is 3.24. The number of fused-ring (bicyclic) bond motifs is 1. The van der Waals surface area contributed by atoms with E-state index in [1.54, 1.807) is 48.5 Å². The summed E-state index contributed by atoms with van der Waals surface area (Å²) in [5.74, 6) is 0.719. The highest BCUT2D eigenvalue weighted by Gasteiger charge is 2.16. The van der Waals surface area contributed by atoms with Gasteiger partial charge in [-0.1, -0.05) is 23.7 Å². The first-order valence-corrected chi connectivity index (χ1v) is 11.7. The number of nitrogens with zero attached hydrogens (tertiary/aromatic N) is 1. The third kappa shape index (κ3) is 5.99. The number of hydrogen-bond donors (Lipinski definition) is 4. The van der Waals surface area contributed by atoms with E-state index in [0.717, 1.165) is 5.56 Å². The van der Waals surface area contributed by atoms with Gasteiger partial charge in [-0.3, -0.25) is 4.79 Å². The van der Waals surface area contributed by atoms with Gasteiger partial charge in [0.2, 0.25) is 0 Å². The molecule has 2 aromatic heterocycles. The third-order valence-electron chi connectivity index (χ3n) is 4.82. The van der Waals surface area contributed by atoms with Crippen LogP contribution in [0.4, 0.5) is 16.3 Å². The van der Waals surface area contributed by atoms with Crippen LogP contribution in [0, 0.1) is 0 Å². The minimum absolute atomic E-state index is 0.0735. The summed E-state index contributed by atoms with van der Waals surface area (Å²) in [6, 6.07) is 13.7. The van der Waals surface area contributed by atoms with E-state index in [2.05, 4.69) is 15.6 Å². The number of carbonyl (C=O) groups excluding carboxylic acids is 2. The molecule has 4 rings (SSSR count). The highest BCUT2D eigenvalue weighted by molar-refractivity contribution is 7.17. The number of aliphatic hydroxyl groups is 1. The average molecular weight is 513 g/mol. The minimum atomic E-state index is -0.703. The lowest BCUT2D eigenvalue weighted by Gasteiger charge is -2.10. The maximum absolute atomic E-state index is 12.6. The fourth-order valence-corrected chi connectivity index (χ4v) is 4.44. The summed E-state index contributed by atoms with van der Waals surface area (Å²) >= 11 is 7.31. The van der Waals surface area contributed by atoms with E-state index < -0.39 is 6.09 Å². The zero-order chi connectivity index (χ0) is 24.8. The molecule has 0 atom stereocenters. The first-order valence-electron chi connectivity index (χ1n) is 10.5. The van der Waals surface area contributed by atoms with Gasteiger partial charge in [-0.15, -0.1) is 11.3 Å². The molecule has 2 amide bonds. The predicted octanol–water partition coefficient (Wildman–Crippen LogP) is 4.44. The number of carbonyl (C=O) groups is 2. The van der Waals surface area contributed by atoms with Crippen LogP contribution in [0.15, 0.2) is 60.1 Å². The Labute approximate surface area is 209 Å². The van der Waals surface area contributed by atoms with Crippen molar-refractivity contribution in [1.82, 2.24) is 10.3 Å². The number of ether oxygens (including phenoxy) is 2. The summed E-state index contributed by atoms with van der Waals surface area (Å²) in [7, 11) is 0. The summed E-state index contributed by atoms with van der Waals surface area (Å²) < 4.78 is 11.9. The van der Waals surface area contributed by atoms with E-state index in [4.69, 9.17) is 31.9 Å². The number of thiophene rings is 1. The molecule has 0 aliphatic heterocycles. The number of anilines is 2. The summed E-state index contributed by atoms with van der Waals surface area (Å²) in [5.41, 5.74) is 7.85. The number of amides is 2. The third-order valence-corrected chi connectivity index (χ3v) is 6.10. The molecule has 0 radical (unpaired) electrons. The van der Waals surface area contributed by atoms with Gasteiger partial charge in [-0.25, -0.2) is 9.78 Å². The Morgan fingerprint density at radius 1 is 1.17 bits per heavy atom. The van der Waals surface area contributed by atoms with E-state index in [9.17, 15) is 9.59 Å². The van der Waals surface area contributed by atoms with Crippen LogP contribution in [0.3, 0.4) is 0 Å². The quantitative estimate of drug-likeness (QED) is 0.274. The van der Waals surface area contributed by atoms with E-state index in [1.807, 2.05) is 5.38 Å². The molecule has 4 aromatic rings. The van der Waals surface area contributed by atoms with Crippen LogP contribution >= 0.6 is 22.9 Å². The number of nitrogen functional groups attached to an aromatic ring is 1. The summed E-state index contributed by atoms with van der Waals surface area (Å²) in [6.45, 7) is 0.0317. The van der Waals surface area contributed by atoms with Crippen LogP contribution in [-0.4, -0.2) is 35.2 Å². The Bertz CT molecular complexity index is 1380. The van der Waals surface area contributed by atoms with Crippen LogP contribution < -0.4 is 25.8 Å². The lowest BCUT2D eigenvalue weighted by molar-refractivity contribution is 0.102. The summed E-state index contributed by atoms with van der Waals surface area (Å²) in [6.07, 6.45) is 0.672. The lowest BCUT2D eigenvalue weighted by Crippen LogP contribution is -2.29. The van der Waals surface area contributed by atoms with Crippen LogP contribution in [0.5, 0.6) is 11.5 Å². The monoisotopic (exact) mass is 512 g/mol. The number of aliphatic hydroxyl groups excluding tert-OH is 1. The fraction of sp³-hybridized carbons (Fsp3) is 0.125. The van der Waals surface area contributed by atoms with Gasteiger partial charge < -0.3 is 30.9 Å². The van der Waals surface area contributed by atoms with Gasteiger partial charge in [0.25, 0.3) is 5.91 Å². The SMILES string of the molecule is Nc1ncc(OC(=O)NCCO)c2scc(COc3cccc(C(=O)Nc4cccc(Cl)c4)c3)c12. The van der Waals surface area contributed by atoms with Gasteiger partial charge in [0.15, 0.2) is 5.75 Å². The second-order valence-electron chi connectivity index (χ2n) is 7.29. The molecular formula is C24H21ClN4O5S. The highest BCUT2D eigenvalue weighted by atomic mass is 35.5. The summed E-state index contributed by atoms with van der Waals surface area (Å²) in [5, 5.41) is 17.0. The summed E-state index contributed by atoms with van der Waals surface area (Å²) in [4.78, 5) is 28.6. The normalized spacial score (nSPS) is 10.7. The van der Waals surface area contributed by atoms with E-state index in [1.165, 1.54) is 17.5 Å². The van der Waals surface area contributed by atoms with Crippen LogP contribution in [-0.2, 0) is 6.61 Å². The van der Waals surface area contributed by atoms with Crippen molar-refractivity contribution in [2.75, 3.05) is 24.2 Å². The smallest absolute Gasteiger partial charge is 0.412 e. The molecular weight excluding hydrogens is 492 g/mol. The zero-order valence-corrected chi connectivity index (χ0v) is 19.9. The van der Waals surface area contributed by atoms with Crippen LogP contribution in [0.2, 0.25) is 5.02 Å². The number of rotatable bonds is 8. The molecule has 0 spiro atoms. The number of benzene rings is 2. The van der Waals surface area contributed by atoms with Gasteiger partial charge in [-0.05, 0) is 41.8 Å². The number of halogens is 1. The van der Waals surface area contributed by atoms with Crippen molar-refractivity contribution in [2.45, 2.75) is 6.61 Å². The molecule has 9 nitrogen and oxygen atoms in total. The molecule has 35 heavy (non-hydrogen) atoms. The molecule has 0 saturated carbocycles. The number of hydrogen-bond acceptors (Lipinski definition) is 8. The van der Waals surface area contributed by atoms with Crippen molar-refractivity contribution in [3.05, 3.63) is 76.3 Å². The van der Waals surface area contributed by atoms with Crippen LogP contribution in [0.1, 0.15) is 15.9 Å². The molecule has 0 aliphatic carbocycles. The molecule has 0 unspecified atom stereocenters. The topological polar surface area (TPSA) is 136 Å². The van der Waals surface area contributed by atoms with E-state index >= 15 is 0 Å². The second kappa shape index (κ2) is 11.0. The standard InChI is InChI=1S/C24H21ClN4O5S/c25-16-4-2-5-17(10-16)29-23(31)14-3-1-6-18(9-14)33-12-15-13-35-21-19(11-28-22(26)20(15)21)34-24(32)27-7-8-30/h1-6,9-11,13,30H,7-8,12H2,(H2,26,28)(H,27,32)(H,29,31). The van der Waals surface area contributed by atoms with Gasteiger partial charge in [0.05, 0.1) is 17.5 Å². The molecule has 0 bridgehead atoms. The van der Waals surface area contributed by atoms with Crippen molar-refractivity contribution < 1.29 is 24.2 Å². The first kappa shape index (κ1) is 24.3. The largest absolute Gasteiger partial charge is 0.489 e. The molecule has 0 saturated heterocycles. The number of pyridine rings is 1. The maximum Gasteiger partial charge on any atom is 0.412 e. The first-order chi connectivity index (χ1) is 16.9. The van der Waals surface area contributed by atoms with Crippen molar-refractivity contribution >= 4 is 56.5 Å². The van der Waals surface area contributed by atoms with E-state index in [-0.39, 0.29) is 37.2 Å². The molecule has 180 valence electrons. The lowest BCUT2D eigenvalue weighted by atomic mass is 10.2. The number of nitrogens with one attached hydrogen (secondary N) is 2. The maximum atomic E-state index is 12.6. The molecule has 0 aliphatic rings. The van der Waals surface area contributed by atoms with Crippen molar-refractivity contribution in [3.63, 3.8) is 0 Å². The highest BCUT2D eigenvalue weighted by Crippen LogP contribution is 2.37. The minimum Gasteiger partial charge on any atom is -0.489 e. The zero-order valence-electron chi connectivity index (χ0n) is 18.3. The molecule has 0 fully saturated rings. The molecule has 5 N–H and O–H groups in total. The Kier molecular flexibility index (Phi) is 7.66. The number of aromatic nitrogens is 1. The van der Waals surface area contributed by atoms with Crippen LogP contribution in [0.25, 0.3) is 10.1 Å². The van der Waals surface area contributed by atoms with Crippen molar-refractivity contribution in [2.24, 2.45) is 0 Å². The van der Waals surface area contributed by atoms with Crippen molar-refractivity contribution in [3.8, 4) is 11.5 Å². The molecule has 11 heteroatoms. The second-order valence-corrected chi connectivity index (χ2v) is 8.61. The van der Waals surface area contributed by atoms with E-state index in [0.29, 0.717) is 32.1 Å².